The second kappa shape index (κ2) is 6.43. The second-order valence-corrected chi connectivity index (χ2v) is 5.18. The zero-order valence-corrected chi connectivity index (χ0v) is 12.3. The summed E-state index contributed by atoms with van der Waals surface area (Å²) in [5.74, 6) is 1.16. The molecule has 7 nitrogen and oxygen atoms in total. The van der Waals surface area contributed by atoms with E-state index >= 15 is 0 Å². The Hall–Kier alpha value is -1.62. The summed E-state index contributed by atoms with van der Waals surface area (Å²) in [6.45, 7) is 5.39. The van der Waals surface area contributed by atoms with Crippen molar-refractivity contribution in [3.8, 4) is 6.07 Å². The fourth-order valence-corrected chi connectivity index (χ4v) is 2.62. The quantitative estimate of drug-likeness (QED) is 0.743. The first kappa shape index (κ1) is 14.3. The van der Waals surface area contributed by atoms with Crippen LogP contribution in [0.5, 0.6) is 0 Å². The van der Waals surface area contributed by atoms with Crippen molar-refractivity contribution in [2.75, 3.05) is 62.4 Å². The SMILES string of the molecule is N#Cc1c(Cl)nc(N2CCOCC2)nc1N1CCOCC1. The first-order chi connectivity index (χ1) is 10.3. The number of hydrogen-bond acceptors (Lipinski definition) is 7. The number of halogens is 1. The van der Waals surface area contributed by atoms with E-state index in [9.17, 15) is 5.26 Å². The number of morpholine rings is 2. The zero-order valence-electron chi connectivity index (χ0n) is 11.6. The van der Waals surface area contributed by atoms with Crippen LogP contribution in [0, 0.1) is 11.3 Å². The van der Waals surface area contributed by atoms with Crippen LogP contribution in [0.1, 0.15) is 5.56 Å². The van der Waals surface area contributed by atoms with E-state index in [-0.39, 0.29) is 5.15 Å². The van der Waals surface area contributed by atoms with Crippen LogP contribution in [0.3, 0.4) is 0 Å². The summed E-state index contributed by atoms with van der Waals surface area (Å²) in [7, 11) is 0. The smallest absolute Gasteiger partial charge is 0.228 e. The first-order valence-corrected chi connectivity index (χ1v) is 7.30. The molecule has 0 aliphatic carbocycles. The average Bonchev–Trinajstić information content (AvgIpc) is 2.55. The van der Waals surface area contributed by atoms with Gasteiger partial charge in [-0.2, -0.15) is 15.2 Å². The van der Waals surface area contributed by atoms with Crippen LogP contribution in [-0.4, -0.2) is 62.6 Å². The molecule has 2 aliphatic rings. The average molecular weight is 310 g/mol. The number of aromatic nitrogens is 2. The Labute approximate surface area is 128 Å². The van der Waals surface area contributed by atoms with Crippen LogP contribution in [0.4, 0.5) is 11.8 Å². The zero-order chi connectivity index (χ0) is 14.7. The number of nitriles is 1. The number of hydrogen-bond donors (Lipinski definition) is 0. The molecule has 3 heterocycles. The van der Waals surface area contributed by atoms with Crippen LogP contribution in [0.25, 0.3) is 0 Å². The Morgan fingerprint density at radius 1 is 0.952 bits per heavy atom. The normalized spacial score (nSPS) is 19.4. The lowest BCUT2D eigenvalue weighted by molar-refractivity contribution is 0.121. The number of nitrogens with zero attached hydrogens (tertiary/aromatic N) is 5. The molecule has 2 aliphatic heterocycles. The number of rotatable bonds is 2. The Morgan fingerprint density at radius 3 is 2.10 bits per heavy atom. The van der Waals surface area contributed by atoms with E-state index in [0.717, 1.165) is 13.1 Å². The van der Waals surface area contributed by atoms with Gasteiger partial charge in [-0.25, -0.2) is 0 Å². The van der Waals surface area contributed by atoms with Crippen molar-refractivity contribution in [3.05, 3.63) is 10.7 Å². The van der Waals surface area contributed by atoms with E-state index in [1.807, 2.05) is 9.80 Å². The predicted octanol–water partition coefficient (Wildman–Crippen LogP) is 0.675. The highest BCUT2D eigenvalue weighted by Gasteiger charge is 2.23. The van der Waals surface area contributed by atoms with Gasteiger partial charge in [0.15, 0.2) is 11.0 Å². The fourth-order valence-electron chi connectivity index (χ4n) is 2.42. The topological polar surface area (TPSA) is 74.5 Å². The second-order valence-electron chi connectivity index (χ2n) is 4.82. The molecule has 21 heavy (non-hydrogen) atoms. The highest BCUT2D eigenvalue weighted by molar-refractivity contribution is 6.31. The lowest BCUT2D eigenvalue weighted by Crippen LogP contribution is -2.39. The van der Waals surface area contributed by atoms with Gasteiger partial charge < -0.3 is 19.3 Å². The molecule has 0 aromatic carbocycles. The Morgan fingerprint density at radius 2 is 1.52 bits per heavy atom. The molecule has 0 unspecified atom stereocenters. The molecule has 0 amide bonds. The lowest BCUT2D eigenvalue weighted by atomic mass is 10.3. The van der Waals surface area contributed by atoms with E-state index in [4.69, 9.17) is 21.1 Å². The van der Waals surface area contributed by atoms with Gasteiger partial charge in [-0.15, -0.1) is 0 Å². The molecule has 0 radical (unpaired) electrons. The summed E-state index contributed by atoms with van der Waals surface area (Å²) in [4.78, 5) is 12.9. The standard InChI is InChI=1S/C13H16ClN5O2/c14-11-10(9-15)12(18-1-5-20-6-2-18)17-13(16-11)19-3-7-21-8-4-19/h1-8H2. The highest BCUT2D eigenvalue weighted by atomic mass is 35.5. The predicted molar refractivity (Wildman–Crippen MR) is 77.8 cm³/mol. The van der Waals surface area contributed by atoms with Crippen molar-refractivity contribution in [1.82, 2.24) is 9.97 Å². The summed E-state index contributed by atoms with van der Waals surface area (Å²) >= 11 is 6.18. The monoisotopic (exact) mass is 309 g/mol. The molecule has 112 valence electrons. The minimum atomic E-state index is 0.204. The van der Waals surface area contributed by atoms with E-state index in [1.165, 1.54) is 0 Å². The third-order valence-corrected chi connectivity index (χ3v) is 3.82. The molecule has 0 N–H and O–H groups in total. The van der Waals surface area contributed by atoms with Gasteiger partial charge in [-0.1, -0.05) is 11.6 Å². The van der Waals surface area contributed by atoms with Gasteiger partial charge in [0.05, 0.1) is 26.4 Å². The third-order valence-electron chi connectivity index (χ3n) is 3.55. The van der Waals surface area contributed by atoms with E-state index in [1.54, 1.807) is 0 Å². The van der Waals surface area contributed by atoms with Crippen molar-refractivity contribution < 1.29 is 9.47 Å². The molecule has 1 aromatic rings. The minimum absolute atomic E-state index is 0.204. The lowest BCUT2D eigenvalue weighted by Gasteiger charge is -2.31. The van der Waals surface area contributed by atoms with E-state index in [0.29, 0.717) is 56.8 Å². The van der Waals surface area contributed by atoms with E-state index < -0.39 is 0 Å². The van der Waals surface area contributed by atoms with Crippen LogP contribution in [0.15, 0.2) is 0 Å². The van der Waals surface area contributed by atoms with Crippen molar-refractivity contribution in [2.24, 2.45) is 0 Å². The van der Waals surface area contributed by atoms with Gasteiger partial charge in [0.2, 0.25) is 5.95 Å². The third kappa shape index (κ3) is 3.02. The molecular weight excluding hydrogens is 294 g/mol. The molecule has 3 rings (SSSR count). The number of ether oxygens (including phenoxy) is 2. The van der Waals surface area contributed by atoms with Gasteiger partial charge in [-0.3, -0.25) is 0 Å². The Bertz CT molecular complexity index is 550. The molecule has 8 heteroatoms. The summed E-state index contributed by atoms with van der Waals surface area (Å²) < 4.78 is 10.7. The molecule has 0 atom stereocenters. The highest BCUT2D eigenvalue weighted by Crippen LogP contribution is 2.27. The summed E-state index contributed by atoms with van der Waals surface area (Å²) in [5.41, 5.74) is 0.329. The maximum atomic E-state index is 9.33. The maximum Gasteiger partial charge on any atom is 0.228 e. The van der Waals surface area contributed by atoms with Crippen molar-refractivity contribution in [1.29, 1.82) is 5.26 Å². The maximum absolute atomic E-state index is 9.33. The summed E-state index contributed by atoms with van der Waals surface area (Å²) in [5, 5.41) is 9.53. The molecule has 2 fully saturated rings. The van der Waals surface area contributed by atoms with Gasteiger partial charge in [-0.05, 0) is 0 Å². The van der Waals surface area contributed by atoms with Gasteiger partial charge in [0, 0.05) is 26.2 Å². The molecule has 2 saturated heterocycles. The van der Waals surface area contributed by atoms with Crippen LogP contribution in [0.2, 0.25) is 5.15 Å². The van der Waals surface area contributed by atoms with Gasteiger partial charge in [0.1, 0.15) is 11.6 Å². The number of anilines is 2. The fraction of sp³-hybridized carbons (Fsp3) is 0.615. The van der Waals surface area contributed by atoms with Gasteiger partial charge in [0.25, 0.3) is 0 Å². The van der Waals surface area contributed by atoms with Crippen molar-refractivity contribution in [2.45, 2.75) is 0 Å². The summed E-state index contributed by atoms with van der Waals surface area (Å²) in [6.07, 6.45) is 0. The largest absolute Gasteiger partial charge is 0.378 e. The molecule has 0 bridgehead atoms. The Kier molecular flexibility index (Phi) is 4.39. The van der Waals surface area contributed by atoms with Gasteiger partial charge >= 0.3 is 0 Å². The summed E-state index contributed by atoms with van der Waals surface area (Å²) in [6, 6.07) is 2.11. The molecule has 0 saturated carbocycles. The van der Waals surface area contributed by atoms with Crippen molar-refractivity contribution >= 4 is 23.4 Å². The molecule has 1 aromatic heterocycles. The van der Waals surface area contributed by atoms with Crippen LogP contribution >= 0.6 is 11.6 Å². The molecule has 0 spiro atoms. The Balaban J connectivity index is 1.95. The van der Waals surface area contributed by atoms with Crippen LogP contribution in [-0.2, 0) is 9.47 Å². The molecular formula is C13H16ClN5O2. The first-order valence-electron chi connectivity index (χ1n) is 6.92. The van der Waals surface area contributed by atoms with Crippen molar-refractivity contribution in [3.63, 3.8) is 0 Å². The van der Waals surface area contributed by atoms with Crippen LogP contribution < -0.4 is 9.80 Å². The minimum Gasteiger partial charge on any atom is -0.378 e. The van der Waals surface area contributed by atoms with E-state index in [2.05, 4.69) is 16.0 Å².